The lowest BCUT2D eigenvalue weighted by atomic mass is 9.67. The third-order valence-corrected chi connectivity index (χ3v) is 3.28. The molecule has 0 aromatic carbocycles. The molecule has 1 fully saturated rings. The Balaban J connectivity index is 2.09. The van der Waals surface area contributed by atoms with Crippen LogP contribution in [0.15, 0.2) is 6.33 Å². The fourth-order valence-electron chi connectivity index (χ4n) is 2.09. The topological polar surface area (TPSA) is 50.9 Å². The minimum Gasteiger partial charge on any atom is -0.396 e. The van der Waals surface area contributed by atoms with Gasteiger partial charge in [-0.15, -0.1) is 0 Å². The maximum absolute atomic E-state index is 9.34. The van der Waals surface area contributed by atoms with E-state index in [4.69, 9.17) is 0 Å². The zero-order chi connectivity index (χ0) is 10.0. The molecule has 1 saturated carbocycles. The second-order valence-corrected chi connectivity index (χ2v) is 4.18. The van der Waals surface area contributed by atoms with Crippen molar-refractivity contribution in [3.63, 3.8) is 0 Å². The maximum Gasteiger partial charge on any atom is 0.138 e. The first-order valence-corrected chi connectivity index (χ1v) is 5.27. The van der Waals surface area contributed by atoms with Gasteiger partial charge in [0.2, 0.25) is 0 Å². The second-order valence-electron chi connectivity index (χ2n) is 4.18. The number of rotatable bonds is 4. The van der Waals surface area contributed by atoms with E-state index in [1.807, 2.05) is 4.68 Å². The summed E-state index contributed by atoms with van der Waals surface area (Å²) in [6, 6.07) is 0. The van der Waals surface area contributed by atoms with Gasteiger partial charge in [-0.3, -0.25) is 4.68 Å². The van der Waals surface area contributed by atoms with Crippen molar-refractivity contribution in [2.24, 2.45) is 5.41 Å². The summed E-state index contributed by atoms with van der Waals surface area (Å²) in [6.45, 7) is 3.20. The van der Waals surface area contributed by atoms with Crippen LogP contribution in [-0.4, -0.2) is 26.5 Å². The van der Waals surface area contributed by atoms with Gasteiger partial charge in [-0.25, -0.2) is 4.98 Å². The van der Waals surface area contributed by atoms with Crippen LogP contribution < -0.4 is 0 Å². The van der Waals surface area contributed by atoms with Gasteiger partial charge < -0.3 is 5.11 Å². The Morgan fingerprint density at radius 2 is 2.36 bits per heavy atom. The van der Waals surface area contributed by atoms with Gasteiger partial charge in [0.15, 0.2) is 0 Å². The summed E-state index contributed by atoms with van der Waals surface area (Å²) in [5.74, 6) is 1.02. The quantitative estimate of drug-likeness (QED) is 0.780. The van der Waals surface area contributed by atoms with Gasteiger partial charge in [0.05, 0.1) is 0 Å². The van der Waals surface area contributed by atoms with Crippen LogP contribution in [0.1, 0.15) is 32.0 Å². The molecule has 0 amide bonds. The van der Waals surface area contributed by atoms with Crippen molar-refractivity contribution >= 4 is 0 Å². The third kappa shape index (κ3) is 1.54. The summed E-state index contributed by atoms with van der Waals surface area (Å²) in [4.78, 5) is 4.24. The first-order chi connectivity index (χ1) is 6.79. The molecular weight excluding hydrogens is 178 g/mol. The van der Waals surface area contributed by atoms with Crippen LogP contribution in [0.2, 0.25) is 0 Å². The van der Waals surface area contributed by atoms with Gasteiger partial charge in [0, 0.05) is 25.0 Å². The summed E-state index contributed by atoms with van der Waals surface area (Å²) < 4.78 is 1.91. The van der Waals surface area contributed by atoms with Crippen LogP contribution in [0.25, 0.3) is 0 Å². The van der Waals surface area contributed by atoms with Crippen molar-refractivity contribution in [2.75, 3.05) is 6.61 Å². The van der Waals surface area contributed by atoms with E-state index in [1.54, 1.807) is 6.33 Å². The molecule has 4 heteroatoms. The van der Waals surface area contributed by atoms with Crippen LogP contribution in [0.5, 0.6) is 0 Å². The smallest absolute Gasteiger partial charge is 0.138 e. The van der Waals surface area contributed by atoms with Crippen molar-refractivity contribution in [1.29, 1.82) is 0 Å². The Hall–Kier alpha value is -0.900. The molecule has 0 atom stereocenters. The lowest BCUT2D eigenvalue weighted by Gasteiger charge is -2.39. The van der Waals surface area contributed by atoms with Crippen molar-refractivity contribution in [3.05, 3.63) is 12.2 Å². The molecule has 0 aliphatic heterocycles. The zero-order valence-electron chi connectivity index (χ0n) is 8.61. The largest absolute Gasteiger partial charge is 0.396 e. The molecule has 0 spiro atoms. The van der Waals surface area contributed by atoms with Crippen molar-refractivity contribution in [1.82, 2.24) is 14.8 Å². The highest BCUT2D eigenvalue weighted by Gasteiger charge is 2.37. The van der Waals surface area contributed by atoms with Crippen LogP contribution in [0.4, 0.5) is 0 Å². The van der Waals surface area contributed by atoms with Crippen LogP contribution in [0, 0.1) is 5.41 Å². The Morgan fingerprint density at radius 3 is 2.86 bits per heavy atom. The van der Waals surface area contributed by atoms with Crippen LogP contribution in [0.3, 0.4) is 0 Å². The van der Waals surface area contributed by atoms with Gasteiger partial charge >= 0.3 is 0 Å². The van der Waals surface area contributed by atoms with E-state index in [9.17, 15) is 5.11 Å². The zero-order valence-corrected chi connectivity index (χ0v) is 8.61. The molecule has 0 radical (unpaired) electrons. The van der Waals surface area contributed by atoms with E-state index in [1.165, 1.54) is 6.42 Å². The van der Waals surface area contributed by atoms with Gasteiger partial charge in [0.1, 0.15) is 12.2 Å². The average Bonchev–Trinajstić information content (AvgIpc) is 2.58. The van der Waals surface area contributed by atoms with Crippen molar-refractivity contribution in [2.45, 2.75) is 39.2 Å². The molecule has 1 aromatic rings. The summed E-state index contributed by atoms with van der Waals surface area (Å²) in [5, 5.41) is 13.5. The molecule has 0 unspecified atom stereocenters. The molecule has 1 N–H and O–H groups in total. The molecule has 1 heterocycles. The summed E-state index contributed by atoms with van der Waals surface area (Å²) in [6.07, 6.45) is 5.96. The van der Waals surface area contributed by atoms with Gasteiger partial charge in [0.25, 0.3) is 0 Å². The predicted octanol–water partition coefficient (Wildman–Crippen LogP) is 1.00. The van der Waals surface area contributed by atoms with Gasteiger partial charge in [-0.05, 0) is 19.8 Å². The first-order valence-electron chi connectivity index (χ1n) is 5.27. The number of aliphatic hydroxyl groups is 1. The van der Waals surface area contributed by atoms with E-state index in [0.717, 1.165) is 31.6 Å². The molecule has 1 aliphatic rings. The maximum atomic E-state index is 9.34. The molecule has 0 bridgehead atoms. The highest BCUT2D eigenvalue weighted by Crippen LogP contribution is 2.42. The van der Waals surface area contributed by atoms with Crippen molar-refractivity contribution in [3.8, 4) is 0 Å². The van der Waals surface area contributed by atoms with E-state index in [0.29, 0.717) is 0 Å². The number of aryl methyl sites for hydroxylation is 1. The summed E-state index contributed by atoms with van der Waals surface area (Å²) >= 11 is 0. The second kappa shape index (κ2) is 3.69. The van der Waals surface area contributed by atoms with E-state index < -0.39 is 0 Å². The lowest BCUT2D eigenvalue weighted by molar-refractivity contribution is 0.0421. The minimum atomic E-state index is 0.111. The average molecular weight is 195 g/mol. The first kappa shape index (κ1) is 9.65. The fraction of sp³-hybridized carbons (Fsp3) is 0.800. The molecule has 14 heavy (non-hydrogen) atoms. The third-order valence-electron chi connectivity index (χ3n) is 3.28. The predicted molar refractivity (Wildman–Crippen MR) is 52.8 cm³/mol. The fourth-order valence-corrected chi connectivity index (χ4v) is 2.09. The summed E-state index contributed by atoms with van der Waals surface area (Å²) in [5.41, 5.74) is 0.111. The highest BCUT2D eigenvalue weighted by molar-refractivity contribution is 4.98. The monoisotopic (exact) mass is 195 g/mol. The van der Waals surface area contributed by atoms with Crippen LogP contribution >= 0.6 is 0 Å². The number of nitrogens with zero attached hydrogens (tertiary/aromatic N) is 3. The normalized spacial score (nSPS) is 19.3. The Bertz CT molecular complexity index is 299. The lowest BCUT2D eigenvalue weighted by Crippen LogP contribution is -2.36. The Morgan fingerprint density at radius 1 is 1.57 bits per heavy atom. The molecule has 4 nitrogen and oxygen atoms in total. The number of aromatic nitrogens is 3. The highest BCUT2D eigenvalue weighted by atomic mass is 16.3. The molecular formula is C10H17N3O. The minimum absolute atomic E-state index is 0.111. The van der Waals surface area contributed by atoms with Gasteiger partial charge in [-0.2, -0.15) is 5.10 Å². The molecule has 1 aromatic heterocycles. The van der Waals surface area contributed by atoms with E-state index in [-0.39, 0.29) is 12.0 Å². The van der Waals surface area contributed by atoms with Crippen molar-refractivity contribution < 1.29 is 5.11 Å². The standard InChI is InChI=1S/C10H17N3O/c1-2-13-9(11-8-12-13)6-10(7-14)4-3-5-10/h8,14H,2-7H2,1H3. The number of aliphatic hydroxyl groups excluding tert-OH is 1. The Kier molecular flexibility index (Phi) is 2.54. The SMILES string of the molecule is CCn1ncnc1CC1(CO)CCC1. The van der Waals surface area contributed by atoms with Gasteiger partial charge in [-0.1, -0.05) is 6.42 Å². The van der Waals surface area contributed by atoms with Crippen LogP contribution in [-0.2, 0) is 13.0 Å². The Labute approximate surface area is 84.0 Å². The van der Waals surface area contributed by atoms with E-state index >= 15 is 0 Å². The molecule has 2 rings (SSSR count). The number of hydrogen-bond acceptors (Lipinski definition) is 3. The number of hydrogen-bond donors (Lipinski definition) is 1. The van der Waals surface area contributed by atoms with E-state index in [2.05, 4.69) is 17.0 Å². The summed E-state index contributed by atoms with van der Waals surface area (Å²) in [7, 11) is 0. The molecule has 78 valence electrons. The molecule has 1 aliphatic carbocycles. The molecule has 0 saturated heterocycles.